The Morgan fingerprint density at radius 2 is 2.32 bits per heavy atom. The lowest BCUT2D eigenvalue weighted by Gasteiger charge is -2.25. The van der Waals surface area contributed by atoms with Gasteiger partial charge in [-0.05, 0) is 32.4 Å². The van der Waals surface area contributed by atoms with Crippen molar-refractivity contribution in [1.82, 2.24) is 20.4 Å². The van der Waals surface area contributed by atoms with Gasteiger partial charge >= 0.3 is 12.1 Å². The molecule has 1 unspecified atom stereocenters. The lowest BCUT2D eigenvalue weighted by Crippen LogP contribution is -2.43. The highest BCUT2D eigenvalue weighted by atomic mass is 16.2. The fraction of sp³-hybridized carbons (Fsp3) is 0.533. The average Bonchev–Trinajstić information content (AvgIpc) is 2.52. The van der Waals surface area contributed by atoms with Gasteiger partial charge in [-0.2, -0.15) is 0 Å². The van der Waals surface area contributed by atoms with Gasteiger partial charge in [-0.25, -0.2) is 9.59 Å². The largest absolute Gasteiger partial charge is 0.338 e. The highest BCUT2D eigenvalue weighted by Crippen LogP contribution is 2.08. The molecule has 1 heterocycles. The summed E-state index contributed by atoms with van der Waals surface area (Å²) in [7, 11) is 1.73. The van der Waals surface area contributed by atoms with Gasteiger partial charge in [0.05, 0.1) is 0 Å². The Labute approximate surface area is 131 Å². The summed E-state index contributed by atoms with van der Waals surface area (Å²) in [6, 6.07) is -0.348. The number of carbonyl (C=O) groups is 2. The van der Waals surface area contributed by atoms with Crippen LogP contribution in [0.15, 0.2) is 29.4 Å². The van der Waals surface area contributed by atoms with Crippen LogP contribution in [0.1, 0.15) is 20.3 Å². The SMILES string of the molecule is C=C1/C=C\C=N/C(C)NC(=O)N1CCCN(C)C(=O)NCC. The van der Waals surface area contributed by atoms with Crippen LogP contribution >= 0.6 is 0 Å². The van der Waals surface area contributed by atoms with Crippen LogP contribution < -0.4 is 10.6 Å². The van der Waals surface area contributed by atoms with E-state index in [2.05, 4.69) is 22.2 Å². The molecule has 1 aliphatic heterocycles. The molecular formula is C15H25N5O2. The molecule has 4 amide bonds. The average molecular weight is 307 g/mol. The van der Waals surface area contributed by atoms with Crippen molar-refractivity contribution in [3.63, 3.8) is 0 Å². The van der Waals surface area contributed by atoms with E-state index in [9.17, 15) is 9.59 Å². The predicted octanol–water partition coefficient (Wildman–Crippen LogP) is 1.55. The summed E-state index contributed by atoms with van der Waals surface area (Å²) >= 11 is 0. The van der Waals surface area contributed by atoms with Gasteiger partial charge in [-0.3, -0.25) is 9.89 Å². The Bertz CT molecular complexity index is 473. The van der Waals surface area contributed by atoms with Crippen molar-refractivity contribution in [2.24, 2.45) is 4.99 Å². The first-order valence-electron chi connectivity index (χ1n) is 7.41. The number of nitrogens with one attached hydrogen (secondary N) is 2. The molecule has 0 aromatic heterocycles. The van der Waals surface area contributed by atoms with E-state index in [1.165, 1.54) is 0 Å². The van der Waals surface area contributed by atoms with Crippen molar-refractivity contribution < 1.29 is 9.59 Å². The molecule has 2 N–H and O–H groups in total. The molecule has 0 aromatic carbocycles. The number of allylic oxidation sites excluding steroid dienone is 2. The first-order chi connectivity index (χ1) is 10.5. The van der Waals surface area contributed by atoms with Crippen LogP contribution in [-0.2, 0) is 0 Å². The summed E-state index contributed by atoms with van der Waals surface area (Å²) in [5, 5.41) is 5.51. The monoisotopic (exact) mass is 307 g/mol. The van der Waals surface area contributed by atoms with Crippen molar-refractivity contribution >= 4 is 18.3 Å². The Morgan fingerprint density at radius 1 is 1.59 bits per heavy atom. The van der Waals surface area contributed by atoms with Gasteiger partial charge in [0.25, 0.3) is 0 Å². The van der Waals surface area contributed by atoms with Gasteiger partial charge in [-0.15, -0.1) is 0 Å². The number of nitrogens with zero attached hydrogens (tertiary/aromatic N) is 3. The van der Waals surface area contributed by atoms with Gasteiger partial charge in [0, 0.05) is 38.6 Å². The second kappa shape index (κ2) is 8.86. The molecule has 1 aliphatic rings. The predicted molar refractivity (Wildman–Crippen MR) is 87.8 cm³/mol. The summed E-state index contributed by atoms with van der Waals surface area (Å²) in [4.78, 5) is 31.1. The van der Waals surface area contributed by atoms with Crippen molar-refractivity contribution in [3.8, 4) is 0 Å². The molecule has 0 fully saturated rings. The molecule has 0 saturated heterocycles. The van der Waals surface area contributed by atoms with Gasteiger partial charge < -0.3 is 15.5 Å². The van der Waals surface area contributed by atoms with Gasteiger partial charge in [0.2, 0.25) is 0 Å². The number of rotatable bonds is 5. The molecule has 7 nitrogen and oxygen atoms in total. The van der Waals surface area contributed by atoms with Crippen molar-refractivity contribution in [3.05, 3.63) is 24.4 Å². The Morgan fingerprint density at radius 3 is 3.00 bits per heavy atom. The number of carbonyl (C=O) groups excluding carboxylic acids is 2. The smallest absolute Gasteiger partial charge is 0.323 e. The van der Waals surface area contributed by atoms with Gasteiger partial charge in [0.1, 0.15) is 6.17 Å². The Balaban J connectivity index is 2.56. The summed E-state index contributed by atoms with van der Waals surface area (Å²) in [6.45, 7) is 9.20. The quantitative estimate of drug-likeness (QED) is 0.808. The van der Waals surface area contributed by atoms with Gasteiger partial charge in [0.15, 0.2) is 0 Å². The summed E-state index contributed by atoms with van der Waals surface area (Å²) in [6.07, 6.45) is 5.51. The topological polar surface area (TPSA) is 77.0 Å². The van der Waals surface area contributed by atoms with E-state index < -0.39 is 0 Å². The molecular weight excluding hydrogens is 282 g/mol. The second-order valence-electron chi connectivity index (χ2n) is 5.04. The normalized spacial score (nSPS) is 21.2. The van der Waals surface area contributed by atoms with Crippen LogP contribution in [0.2, 0.25) is 0 Å². The minimum absolute atomic E-state index is 0.114. The molecule has 0 aliphatic carbocycles. The van der Waals surface area contributed by atoms with E-state index in [0.717, 1.165) is 0 Å². The van der Waals surface area contributed by atoms with E-state index in [0.29, 0.717) is 31.8 Å². The first-order valence-corrected chi connectivity index (χ1v) is 7.41. The Kier molecular flexibility index (Phi) is 7.15. The number of aliphatic imine (C=N–C) groups is 1. The standard InChI is InChI=1S/C15H25N5O2/c1-5-16-14(21)19(4)10-7-11-20-12(2)8-6-9-17-13(3)18-15(20)22/h6,8-9,13H,2,5,7,10-11H2,1,3-4H3,(H,16,21)(H,18,22)/b8-6-,17-9-. The molecule has 0 spiro atoms. The number of hydrogen-bond donors (Lipinski definition) is 2. The molecule has 22 heavy (non-hydrogen) atoms. The van der Waals surface area contributed by atoms with E-state index in [-0.39, 0.29) is 18.2 Å². The van der Waals surface area contributed by atoms with Crippen LogP contribution in [0.5, 0.6) is 0 Å². The van der Waals surface area contributed by atoms with Crippen LogP contribution in [0.25, 0.3) is 0 Å². The second-order valence-corrected chi connectivity index (χ2v) is 5.04. The van der Waals surface area contributed by atoms with E-state index in [1.54, 1.807) is 42.1 Å². The van der Waals surface area contributed by atoms with Crippen molar-refractivity contribution in [1.29, 1.82) is 0 Å². The molecule has 1 atom stereocenters. The zero-order chi connectivity index (χ0) is 16.5. The summed E-state index contributed by atoms with van der Waals surface area (Å²) < 4.78 is 0. The minimum Gasteiger partial charge on any atom is -0.338 e. The maximum atomic E-state index is 12.2. The van der Waals surface area contributed by atoms with Gasteiger partial charge in [-0.1, -0.05) is 6.58 Å². The first kappa shape index (κ1) is 17.7. The van der Waals surface area contributed by atoms with Crippen LogP contribution in [0.4, 0.5) is 9.59 Å². The lowest BCUT2D eigenvalue weighted by molar-refractivity contribution is 0.200. The minimum atomic E-state index is -0.288. The van der Waals surface area contributed by atoms with Crippen LogP contribution in [0, 0.1) is 0 Å². The van der Waals surface area contributed by atoms with E-state index in [4.69, 9.17) is 0 Å². The zero-order valence-corrected chi connectivity index (χ0v) is 13.5. The maximum absolute atomic E-state index is 12.2. The summed E-state index contributed by atoms with van der Waals surface area (Å²) in [5.41, 5.74) is 0.596. The summed E-state index contributed by atoms with van der Waals surface area (Å²) in [5.74, 6) is 0. The third-order valence-corrected chi connectivity index (χ3v) is 3.16. The molecule has 1 rings (SSSR count). The zero-order valence-electron chi connectivity index (χ0n) is 13.5. The molecule has 0 bridgehead atoms. The molecule has 0 aromatic rings. The highest BCUT2D eigenvalue weighted by molar-refractivity contribution is 5.79. The number of urea groups is 2. The molecule has 0 radical (unpaired) electrons. The molecule has 122 valence electrons. The van der Waals surface area contributed by atoms with Crippen molar-refractivity contribution in [2.75, 3.05) is 26.7 Å². The number of amides is 4. The van der Waals surface area contributed by atoms with E-state index >= 15 is 0 Å². The van der Waals surface area contributed by atoms with E-state index in [1.807, 2.05) is 6.92 Å². The molecule has 0 saturated carbocycles. The fourth-order valence-electron chi connectivity index (χ4n) is 1.95. The maximum Gasteiger partial charge on any atom is 0.323 e. The molecule has 7 heteroatoms. The Hall–Kier alpha value is -2.31. The van der Waals surface area contributed by atoms with Crippen LogP contribution in [0.3, 0.4) is 0 Å². The van der Waals surface area contributed by atoms with Crippen molar-refractivity contribution in [2.45, 2.75) is 26.4 Å². The lowest BCUT2D eigenvalue weighted by atomic mass is 10.3. The highest BCUT2D eigenvalue weighted by Gasteiger charge is 2.18. The number of hydrogen-bond acceptors (Lipinski definition) is 3. The van der Waals surface area contributed by atoms with Crippen LogP contribution in [-0.4, -0.2) is 60.9 Å². The fourth-order valence-corrected chi connectivity index (χ4v) is 1.95. The third-order valence-electron chi connectivity index (χ3n) is 3.16. The third kappa shape index (κ3) is 5.59.